The quantitative estimate of drug-likeness (QED) is 0.560. The Morgan fingerprint density at radius 2 is 1.79 bits per heavy atom. The van der Waals surface area contributed by atoms with Crippen LogP contribution < -0.4 is 10.6 Å². The zero-order valence-electron chi connectivity index (χ0n) is 19.5. The van der Waals surface area contributed by atoms with E-state index in [1.807, 2.05) is 50.4 Å². The monoisotopic (exact) mass is 445 g/mol. The van der Waals surface area contributed by atoms with Crippen molar-refractivity contribution in [1.29, 1.82) is 0 Å². The topological polar surface area (TPSA) is 88.9 Å². The lowest BCUT2D eigenvalue weighted by Gasteiger charge is -2.24. The van der Waals surface area contributed by atoms with Crippen LogP contribution in [0.2, 0.25) is 0 Å². The van der Waals surface area contributed by atoms with Gasteiger partial charge in [0.05, 0.1) is 0 Å². The maximum absolute atomic E-state index is 13.3. The van der Waals surface area contributed by atoms with Crippen LogP contribution in [0.5, 0.6) is 0 Å². The van der Waals surface area contributed by atoms with Crippen molar-refractivity contribution >= 4 is 17.5 Å². The van der Waals surface area contributed by atoms with E-state index in [1.54, 1.807) is 16.9 Å². The van der Waals surface area contributed by atoms with Crippen LogP contribution in [0.15, 0.2) is 48.8 Å². The van der Waals surface area contributed by atoms with Gasteiger partial charge in [-0.3, -0.25) is 19.3 Å². The maximum atomic E-state index is 13.3. The molecule has 33 heavy (non-hydrogen) atoms. The van der Waals surface area contributed by atoms with Gasteiger partial charge in [0.1, 0.15) is 11.7 Å². The summed E-state index contributed by atoms with van der Waals surface area (Å²) in [6.45, 7) is 6.60. The van der Waals surface area contributed by atoms with Crippen LogP contribution in [0.3, 0.4) is 0 Å². The average molecular weight is 446 g/mol. The second-order valence-corrected chi connectivity index (χ2v) is 8.68. The van der Waals surface area contributed by atoms with Crippen LogP contribution >= 0.6 is 0 Å². The lowest BCUT2D eigenvalue weighted by Crippen LogP contribution is -2.48. The molecule has 1 unspecified atom stereocenters. The minimum Gasteiger partial charge on any atom is -0.339 e. The normalized spacial score (nSPS) is 14.8. The molecule has 1 atom stereocenters. The minimum atomic E-state index is -0.581. The summed E-state index contributed by atoms with van der Waals surface area (Å²) in [7, 11) is 0. The fourth-order valence-electron chi connectivity index (χ4n) is 4.75. The molecular formula is C26H31N5O2. The van der Waals surface area contributed by atoms with Crippen molar-refractivity contribution in [2.45, 2.75) is 59.0 Å². The van der Waals surface area contributed by atoms with Gasteiger partial charge in [-0.15, -0.1) is 0 Å². The Labute approximate surface area is 194 Å². The van der Waals surface area contributed by atoms with Crippen LogP contribution in [0.25, 0.3) is 11.1 Å². The van der Waals surface area contributed by atoms with Crippen LogP contribution in [-0.2, 0) is 11.3 Å². The molecule has 0 spiro atoms. The Kier molecular flexibility index (Phi) is 6.87. The van der Waals surface area contributed by atoms with Crippen LogP contribution in [-0.4, -0.2) is 32.6 Å². The summed E-state index contributed by atoms with van der Waals surface area (Å²) in [6, 6.07) is 10.9. The number of carbonyl (C=O) groups is 2. The summed E-state index contributed by atoms with van der Waals surface area (Å²) in [4.78, 5) is 30.6. The standard InChI is InChI=1S/C26H31N5O2/c1-4-31-22(14-16-28-31)25(32)30-24(20-7-5-6-8-20)26(33)29-21-11-9-19(10-12-21)23-17(2)13-15-27-18(23)3/h9-16,20,24H,4-8H2,1-3H3,(H,29,33)(H,30,32). The first-order valence-corrected chi connectivity index (χ1v) is 11.6. The zero-order chi connectivity index (χ0) is 23.4. The predicted octanol–water partition coefficient (Wildman–Crippen LogP) is 4.51. The highest BCUT2D eigenvalue weighted by Gasteiger charge is 2.32. The van der Waals surface area contributed by atoms with Gasteiger partial charge in [0.15, 0.2) is 0 Å². The molecule has 2 aromatic heterocycles. The van der Waals surface area contributed by atoms with Gasteiger partial charge in [-0.05, 0) is 74.9 Å². The first-order valence-electron chi connectivity index (χ1n) is 11.6. The molecule has 4 rings (SSSR count). The molecule has 7 nitrogen and oxygen atoms in total. The Morgan fingerprint density at radius 3 is 2.45 bits per heavy atom. The predicted molar refractivity (Wildman–Crippen MR) is 129 cm³/mol. The molecule has 1 aliphatic carbocycles. The fourth-order valence-corrected chi connectivity index (χ4v) is 4.75. The molecule has 2 heterocycles. The Balaban J connectivity index is 1.50. The molecule has 0 aliphatic heterocycles. The summed E-state index contributed by atoms with van der Waals surface area (Å²) < 4.78 is 1.64. The number of rotatable bonds is 7. The number of benzene rings is 1. The molecule has 1 fully saturated rings. The highest BCUT2D eigenvalue weighted by atomic mass is 16.2. The molecule has 0 bridgehead atoms. The number of hydrogen-bond donors (Lipinski definition) is 2. The Hall–Kier alpha value is -3.48. The summed E-state index contributed by atoms with van der Waals surface area (Å²) in [5.41, 5.74) is 5.49. The summed E-state index contributed by atoms with van der Waals surface area (Å²) >= 11 is 0. The first-order chi connectivity index (χ1) is 16.0. The minimum absolute atomic E-state index is 0.131. The van der Waals surface area contributed by atoms with E-state index in [9.17, 15) is 9.59 Å². The summed E-state index contributed by atoms with van der Waals surface area (Å²) in [5, 5.41) is 10.2. The van der Waals surface area contributed by atoms with Gasteiger partial charge in [-0.25, -0.2) is 0 Å². The molecule has 1 aliphatic rings. The van der Waals surface area contributed by atoms with E-state index in [1.165, 1.54) is 0 Å². The van der Waals surface area contributed by atoms with Gasteiger partial charge in [-0.2, -0.15) is 5.10 Å². The lowest BCUT2D eigenvalue weighted by atomic mass is 9.96. The van der Waals surface area contributed by atoms with Gasteiger partial charge in [-0.1, -0.05) is 25.0 Å². The van der Waals surface area contributed by atoms with E-state index in [2.05, 4.69) is 27.6 Å². The van der Waals surface area contributed by atoms with Gasteiger partial charge in [0.25, 0.3) is 5.91 Å². The van der Waals surface area contributed by atoms with Crippen molar-refractivity contribution < 1.29 is 9.59 Å². The van der Waals surface area contributed by atoms with E-state index in [-0.39, 0.29) is 17.7 Å². The van der Waals surface area contributed by atoms with E-state index in [4.69, 9.17) is 0 Å². The Bertz CT molecular complexity index is 1110. The number of aromatic nitrogens is 3. The Morgan fingerprint density at radius 1 is 1.06 bits per heavy atom. The first kappa shape index (κ1) is 22.7. The SMILES string of the molecule is CCn1nccc1C(=O)NC(C(=O)Nc1ccc(-c2c(C)ccnc2C)cc1)C1CCCC1. The highest BCUT2D eigenvalue weighted by Crippen LogP contribution is 2.30. The zero-order valence-corrected chi connectivity index (χ0v) is 19.5. The van der Waals surface area contributed by atoms with Crippen LogP contribution in [0.4, 0.5) is 5.69 Å². The molecule has 172 valence electrons. The molecule has 7 heteroatoms. The maximum Gasteiger partial charge on any atom is 0.270 e. The molecule has 0 saturated heterocycles. The van der Waals surface area contributed by atoms with E-state index >= 15 is 0 Å². The van der Waals surface area contributed by atoms with Crippen LogP contribution in [0, 0.1) is 19.8 Å². The third kappa shape index (κ3) is 4.97. The van der Waals surface area contributed by atoms with Crippen molar-refractivity contribution in [3.05, 3.63) is 65.7 Å². The van der Waals surface area contributed by atoms with Gasteiger partial charge < -0.3 is 10.6 Å². The fraction of sp³-hybridized carbons (Fsp3) is 0.385. The number of amides is 2. The van der Waals surface area contributed by atoms with Crippen molar-refractivity contribution in [2.24, 2.45) is 5.92 Å². The molecule has 1 saturated carbocycles. The molecule has 1 aromatic carbocycles. The van der Waals surface area contributed by atoms with Gasteiger partial charge in [0.2, 0.25) is 5.91 Å². The molecule has 2 amide bonds. The number of anilines is 1. The number of nitrogens with zero attached hydrogens (tertiary/aromatic N) is 3. The van der Waals surface area contributed by atoms with Gasteiger partial charge in [0, 0.05) is 35.9 Å². The second kappa shape index (κ2) is 9.98. The summed E-state index contributed by atoms with van der Waals surface area (Å²) in [6.07, 6.45) is 7.45. The number of aryl methyl sites for hydroxylation is 3. The van der Waals surface area contributed by atoms with Crippen molar-refractivity contribution in [3.63, 3.8) is 0 Å². The molecule has 0 radical (unpaired) electrons. The number of pyridine rings is 1. The van der Waals surface area contributed by atoms with E-state index in [0.717, 1.165) is 48.1 Å². The second-order valence-electron chi connectivity index (χ2n) is 8.68. The number of carbonyl (C=O) groups excluding carboxylic acids is 2. The third-order valence-electron chi connectivity index (χ3n) is 6.48. The summed E-state index contributed by atoms with van der Waals surface area (Å²) in [5.74, 6) is -0.314. The highest BCUT2D eigenvalue weighted by molar-refractivity contribution is 6.00. The lowest BCUT2D eigenvalue weighted by molar-refractivity contribution is -0.119. The molecular weight excluding hydrogens is 414 g/mol. The smallest absolute Gasteiger partial charge is 0.270 e. The van der Waals surface area contributed by atoms with E-state index in [0.29, 0.717) is 17.9 Å². The third-order valence-corrected chi connectivity index (χ3v) is 6.48. The van der Waals surface area contributed by atoms with E-state index < -0.39 is 6.04 Å². The van der Waals surface area contributed by atoms with Crippen molar-refractivity contribution in [3.8, 4) is 11.1 Å². The van der Waals surface area contributed by atoms with Gasteiger partial charge >= 0.3 is 0 Å². The van der Waals surface area contributed by atoms with Crippen LogP contribution in [0.1, 0.15) is 54.4 Å². The van der Waals surface area contributed by atoms with Crippen molar-refractivity contribution in [2.75, 3.05) is 5.32 Å². The largest absolute Gasteiger partial charge is 0.339 e. The molecule has 2 N–H and O–H groups in total. The number of nitrogens with one attached hydrogen (secondary N) is 2. The molecule has 3 aromatic rings. The average Bonchev–Trinajstić information content (AvgIpc) is 3.50. The van der Waals surface area contributed by atoms with Crippen molar-refractivity contribution in [1.82, 2.24) is 20.1 Å². The number of hydrogen-bond acceptors (Lipinski definition) is 4.